The van der Waals surface area contributed by atoms with E-state index in [9.17, 15) is 20.0 Å². The summed E-state index contributed by atoms with van der Waals surface area (Å²) in [5.74, 6) is -0.446. The molecule has 0 saturated carbocycles. The lowest BCUT2D eigenvalue weighted by molar-refractivity contribution is -0.385. The van der Waals surface area contributed by atoms with Crippen LogP contribution in [0, 0.1) is 17.0 Å². The van der Waals surface area contributed by atoms with Crippen LogP contribution in [0.25, 0.3) is 0 Å². The molecule has 0 spiro atoms. The number of nitrogens with one attached hydrogen (secondary N) is 1. The maximum atomic E-state index is 12.1. The minimum Gasteiger partial charge on any atom is -0.504 e. The largest absolute Gasteiger partial charge is 0.504 e. The lowest BCUT2D eigenvalue weighted by Gasteiger charge is -2.08. The molecule has 0 fully saturated rings. The van der Waals surface area contributed by atoms with E-state index in [2.05, 4.69) is 10.3 Å². The molecule has 9 nitrogen and oxygen atoms in total. The predicted octanol–water partition coefficient (Wildman–Crippen LogP) is 4.21. The van der Waals surface area contributed by atoms with Crippen LogP contribution in [0.15, 0.2) is 58.1 Å². The number of anilines is 1. The number of methoxy groups -OCH3 is 1. The van der Waals surface area contributed by atoms with Crippen molar-refractivity contribution >= 4 is 29.2 Å². The van der Waals surface area contributed by atoms with Crippen molar-refractivity contribution in [2.45, 2.75) is 6.92 Å². The molecule has 3 aromatic rings. The molecular formula is C20H17N3O6. The number of hydrogen-bond donors (Lipinski definition) is 2. The highest BCUT2D eigenvalue weighted by molar-refractivity contribution is 6.02. The lowest BCUT2D eigenvalue weighted by atomic mass is 10.1. The number of carbonyl (C=O) groups excluding carboxylic acids is 1. The summed E-state index contributed by atoms with van der Waals surface area (Å²) < 4.78 is 10.0. The zero-order valence-corrected chi connectivity index (χ0v) is 15.6. The number of aromatic hydroxyl groups is 1. The summed E-state index contributed by atoms with van der Waals surface area (Å²) in [6.45, 7) is 1.80. The van der Waals surface area contributed by atoms with Crippen LogP contribution in [-0.2, 0) is 0 Å². The quantitative estimate of drug-likeness (QED) is 0.365. The molecule has 0 radical (unpaired) electrons. The summed E-state index contributed by atoms with van der Waals surface area (Å²) in [5, 5.41) is 24.0. The van der Waals surface area contributed by atoms with Gasteiger partial charge in [-0.25, -0.2) is 0 Å². The number of nitro groups is 1. The van der Waals surface area contributed by atoms with Gasteiger partial charge in [0.25, 0.3) is 11.6 Å². The first kappa shape index (κ1) is 19.6. The zero-order valence-electron chi connectivity index (χ0n) is 15.6. The van der Waals surface area contributed by atoms with Crippen LogP contribution in [0.1, 0.15) is 21.7 Å². The fourth-order valence-corrected chi connectivity index (χ4v) is 2.58. The van der Waals surface area contributed by atoms with Gasteiger partial charge in [0.1, 0.15) is 0 Å². The number of benzene rings is 2. The number of amides is 1. The Morgan fingerprint density at radius 2 is 2.10 bits per heavy atom. The Morgan fingerprint density at radius 1 is 1.31 bits per heavy atom. The first-order valence-corrected chi connectivity index (χ1v) is 8.44. The first-order chi connectivity index (χ1) is 13.9. The molecule has 2 N–H and O–H groups in total. The summed E-state index contributed by atoms with van der Waals surface area (Å²) in [5.41, 5.74) is 1.78. The molecule has 148 valence electrons. The second kappa shape index (κ2) is 8.26. The molecular weight excluding hydrogens is 378 g/mol. The number of non-ortho nitro benzene ring substituents is 1. The summed E-state index contributed by atoms with van der Waals surface area (Å²) in [6, 6.07) is 10.6. The van der Waals surface area contributed by atoms with Crippen molar-refractivity contribution < 1.29 is 24.0 Å². The number of rotatable bonds is 6. The van der Waals surface area contributed by atoms with Crippen LogP contribution in [-0.4, -0.2) is 29.3 Å². The maximum Gasteiger partial charge on any atom is 0.291 e. The van der Waals surface area contributed by atoms with E-state index in [1.807, 2.05) is 0 Å². The second-order valence-corrected chi connectivity index (χ2v) is 6.03. The van der Waals surface area contributed by atoms with Crippen LogP contribution in [0.2, 0.25) is 0 Å². The van der Waals surface area contributed by atoms with Crippen molar-refractivity contribution in [3.8, 4) is 11.5 Å². The summed E-state index contributed by atoms with van der Waals surface area (Å²) >= 11 is 0. The molecule has 0 unspecified atom stereocenters. The molecule has 1 aromatic heterocycles. The Kier molecular flexibility index (Phi) is 5.59. The third kappa shape index (κ3) is 4.41. The fourth-order valence-electron chi connectivity index (χ4n) is 2.58. The third-order valence-corrected chi connectivity index (χ3v) is 4.08. The summed E-state index contributed by atoms with van der Waals surface area (Å²) in [6.07, 6.45) is 2.72. The molecule has 3 rings (SSSR count). The molecule has 1 heterocycles. The van der Waals surface area contributed by atoms with Gasteiger partial charge in [0.2, 0.25) is 0 Å². The van der Waals surface area contributed by atoms with Gasteiger partial charge in [-0.1, -0.05) is 0 Å². The number of ether oxygens (including phenoxy) is 1. The van der Waals surface area contributed by atoms with Gasteiger partial charge in [-0.2, -0.15) is 0 Å². The van der Waals surface area contributed by atoms with E-state index in [1.54, 1.807) is 37.3 Å². The Morgan fingerprint density at radius 3 is 2.72 bits per heavy atom. The number of carbonyl (C=O) groups is 1. The Labute approximate surface area is 165 Å². The minimum atomic E-state index is -0.583. The van der Waals surface area contributed by atoms with Gasteiger partial charge >= 0.3 is 0 Å². The zero-order chi connectivity index (χ0) is 21.0. The molecule has 9 heteroatoms. The van der Waals surface area contributed by atoms with E-state index in [1.165, 1.54) is 25.7 Å². The van der Waals surface area contributed by atoms with Crippen molar-refractivity contribution in [2.24, 2.45) is 4.99 Å². The molecule has 1 amide bonds. The molecule has 0 aliphatic heterocycles. The molecule has 0 saturated heterocycles. The minimum absolute atomic E-state index is 0.0205. The molecule has 0 bridgehead atoms. The van der Waals surface area contributed by atoms with Crippen LogP contribution >= 0.6 is 0 Å². The van der Waals surface area contributed by atoms with Crippen molar-refractivity contribution in [1.29, 1.82) is 0 Å². The number of phenols is 1. The number of aryl methyl sites for hydroxylation is 1. The maximum absolute atomic E-state index is 12.1. The Hall–Kier alpha value is -4.14. The molecule has 0 aliphatic carbocycles. The SMILES string of the molecule is COc1cc([N+](=O)[O-])cc(C=Nc2ccc(NC(=O)c3ccco3)c(C)c2)c1O. The van der Waals surface area contributed by atoms with Gasteiger partial charge in [-0.3, -0.25) is 19.9 Å². The summed E-state index contributed by atoms with van der Waals surface area (Å²) in [7, 11) is 1.30. The number of furan rings is 1. The van der Waals surface area contributed by atoms with Gasteiger partial charge in [-0.15, -0.1) is 0 Å². The van der Waals surface area contributed by atoms with Gasteiger partial charge < -0.3 is 19.6 Å². The number of hydrogen-bond acceptors (Lipinski definition) is 7. The topological polar surface area (TPSA) is 127 Å². The smallest absolute Gasteiger partial charge is 0.291 e. The highest BCUT2D eigenvalue weighted by Crippen LogP contribution is 2.34. The van der Waals surface area contributed by atoms with Crippen LogP contribution in [0.4, 0.5) is 17.1 Å². The van der Waals surface area contributed by atoms with Gasteiger partial charge in [0.15, 0.2) is 17.3 Å². The van der Waals surface area contributed by atoms with E-state index in [-0.39, 0.29) is 34.4 Å². The van der Waals surface area contributed by atoms with Crippen molar-refractivity contribution in [3.63, 3.8) is 0 Å². The standard InChI is InChI=1S/C20H17N3O6/c1-12-8-14(5-6-16(12)22-20(25)17-4-3-7-29-17)21-11-13-9-15(23(26)27)10-18(28-2)19(13)24/h3-11,24H,1-2H3,(H,22,25). The molecule has 0 atom stereocenters. The van der Waals surface area contributed by atoms with E-state index in [0.29, 0.717) is 11.4 Å². The van der Waals surface area contributed by atoms with E-state index >= 15 is 0 Å². The Balaban J connectivity index is 1.83. The highest BCUT2D eigenvalue weighted by Gasteiger charge is 2.16. The fraction of sp³-hybridized carbons (Fsp3) is 0.100. The number of nitrogens with zero attached hydrogens (tertiary/aromatic N) is 2. The van der Waals surface area contributed by atoms with E-state index in [0.717, 1.165) is 11.6 Å². The summed E-state index contributed by atoms with van der Waals surface area (Å²) in [4.78, 5) is 26.8. The number of nitro benzene ring substituents is 1. The van der Waals surface area contributed by atoms with Crippen molar-refractivity contribution in [3.05, 3.63) is 75.7 Å². The van der Waals surface area contributed by atoms with Crippen LogP contribution in [0.5, 0.6) is 11.5 Å². The Bertz CT molecular complexity index is 1090. The van der Waals surface area contributed by atoms with E-state index < -0.39 is 4.92 Å². The first-order valence-electron chi connectivity index (χ1n) is 8.44. The normalized spacial score (nSPS) is 10.8. The van der Waals surface area contributed by atoms with E-state index in [4.69, 9.17) is 9.15 Å². The lowest BCUT2D eigenvalue weighted by Crippen LogP contribution is -2.11. The van der Waals surface area contributed by atoms with Crippen molar-refractivity contribution in [1.82, 2.24) is 0 Å². The number of aliphatic imine (C=N–C) groups is 1. The average molecular weight is 395 g/mol. The molecule has 0 aliphatic rings. The van der Waals surface area contributed by atoms with Gasteiger partial charge in [-0.05, 0) is 42.8 Å². The monoisotopic (exact) mass is 395 g/mol. The number of phenolic OH excluding ortho intramolecular Hbond substituents is 1. The van der Waals surface area contributed by atoms with Gasteiger partial charge in [0.05, 0.1) is 30.1 Å². The molecule has 29 heavy (non-hydrogen) atoms. The predicted molar refractivity (Wildman–Crippen MR) is 106 cm³/mol. The van der Waals surface area contributed by atoms with Crippen molar-refractivity contribution in [2.75, 3.05) is 12.4 Å². The van der Waals surface area contributed by atoms with Crippen LogP contribution < -0.4 is 10.1 Å². The highest BCUT2D eigenvalue weighted by atomic mass is 16.6. The van der Waals surface area contributed by atoms with Gasteiger partial charge in [0, 0.05) is 23.5 Å². The average Bonchev–Trinajstić information content (AvgIpc) is 3.24. The third-order valence-electron chi connectivity index (χ3n) is 4.08. The van der Waals surface area contributed by atoms with Crippen LogP contribution in [0.3, 0.4) is 0 Å². The molecule has 2 aromatic carbocycles. The second-order valence-electron chi connectivity index (χ2n) is 6.03.